The maximum atomic E-state index is 12.0. The first-order chi connectivity index (χ1) is 7.77. The first kappa shape index (κ1) is 13.4. The Kier molecular flexibility index (Phi) is 6.36. The van der Waals surface area contributed by atoms with E-state index in [-0.39, 0.29) is 5.91 Å². The summed E-state index contributed by atoms with van der Waals surface area (Å²) < 4.78 is 0. The Balaban J connectivity index is 2.38. The lowest BCUT2D eigenvalue weighted by molar-refractivity contribution is -0.131. The second-order valence-electron chi connectivity index (χ2n) is 3.95. The van der Waals surface area contributed by atoms with Crippen molar-refractivity contribution in [2.75, 3.05) is 31.1 Å². The molecule has 0 spiro atoms. The van der Waals surface area contributed by atoms with Gasteiger partial charge < -0.3 is 10.2 Å². The summed E-state index contributed by atoms with van der Waals surface area (Å²) in [5, 5.41) is 3.37. The van der Waals surface area contributed by atoms with Gasteiger partial charge in [0.05, 0.1) is 6.54 Å². The molecule has 1 rings (SSSR count). The molecule has 4 heteroatoms. The molecule has 1 fully saturated rings. The van der Waals surface area contributed by atoms with Gasteiger partial charge in [-0.1, -0.05) is 12.8 Å². The molecular weight excluding hydrogens is 220 g/mol. The molecule has 0 saturated carbocycles. The number of carbonyl (C=O) groups is 1. The molecule has 16 heavy (non-hydrogen) atoms. The van der Waals surface area contributed by atoms with Gasteiger partial charge in [0.15, 0.2) is 0 Å². The predicted molar refractivity (Wildman–Crippen MR) is 69.4 cm³/mol. The highest BCUT2D eigenvalue weighted by molar-refractivity contribution is 7.99. The molecule has 1 aliphatic rings. The van der Waals surface area contributed by atoms with Gasteiger partial charge in [-0.2, -0.15) is 11.8 Å². The van der Waals surface area contributed by atoms with Gasteiger partial charge in [-0.15, -0.1) is 6.42 Å². The highest BCUT2D eigenvalue weighted by Gasteiger charge is 2.19. The molecule has 3 nitrogen and oxygen atoms in total. The Labute approximate surface area is 102 Å². The Morgan fingerprint density at radius 3 is 3.06 bits per heavy atom. The molecule has 1 heterocycles. The second kappa shape index (κ2) is 7.59. The van der Waals surface area contributed by atoms with Crippen molar-refractivity contribution < 1.29 is 4.79 Å². The minimum Gasteiger partial charge on any atom is -0.332 e. The van der Waals surface area contributed by atoms with Gasteiger partial charge in [0, 0.05) is 37.1 Å². The van der Waals surface area contributed by atoms with E-state index in [0.717, 1.165) is 31.0 Å². The van der Waals surface area contributed by atoms with Crippen molar-refractivity contribution >= 4 is 17.7 Å². The summed E-state index contributed by atoms with van der Waals surface area (Å²) in [7, 11) is 0. The molecule has 0 aliphatic carbocycles. The van der Waals surface area contributed by atoms with Crippen LogP contribution in [0.3, 0.4) is 0 Å². The Bertz CT molecular complexity index is 256. The smallest absolute Gasteiger partial charge is 0.224 e. The Morgan fingerprint density at radius 1 is 1.69 bits per heavy atom. The molecule has 1 atom stereocenters. The van der Waals surface area contributed by atoms with E-state index in [2.05, 4.69) is 18.2 Å². The lowest BCUT2D eigenvalue weighted by Gasteiger charge is -2.26. The van der Waals surface area contributed by atoms with E-state index < -0.39 is 0 Å². The van der Waals surface area contributed by atoms with Crippen LogP contribution in [0.1, 0.15) is 19.8 Å². The zero-order valence-electron chi connectivity index (χ0n) is 9.87. The van der Waals surface area contributed by atoms with Crippen molar-refractivity contribution in [2.24, 2.45) is 0 Å². The van der Waals surface area contributed by atoms with E-state index in [1.54, 1.807) is 4.90 Å². The SMILES string of the molecule is C#CCN(CCC)C(=O)CC1CSCCN1. The van der Waals surface area contributed by atoms with Gasteiger partial charge in [-0.25, -0.2) is 0 Å². The van der Waals surface area contributed by atoms with Crippen LogP contribution >= 0.6 is 11.8 Å². The first-order valence-corrected chi connectivity index (χ1v) is 6.95. The van der Waals surface area contributed by atoms with Crippen molar-refractivity contribution in [1.82, 2.24) is 10.2 Å². The first-order valence-electron chi connectivity index (χ1n) is 5.80. The summed E-state index contributed by atoms with van der Waals surface area (Å²) in [6.07, 6.45) is 6.80. The van der Waals surface area contributed by atoms with E-state index in [1.807, 2.05) is 11.8 Å². The molecule has 0 bridgehead atoms. The molecule has 0 aromatic heterocycles. The molecule has 1 saturated heterocycles. The maximum absolute atomic E-state index is 12.0. The molecule has 0 aromatic carbocycles. The van der Waals surface area contributed by atoms with Gasteiger partial charge in [-0.3, -0.25) is 4.79 Å². The molecule has 1 aliphatic heterocycles. The van der Waals surface area contributed by atoms with Crippen molar-refractivity contribution in [2.45, 2.75) is 25.8 Å². The van der Waals surface area contributed by atoms with Crippen LogP contribution in [0.25, 0.3) is 0 Å². The van der Waals surface area contributed by atoms with Gasteiger partial charge in [-0.05, 0) is 6.42 Å². The highest BCUT2D eigenvalue weighted by atomic mass is 32.2. The van der Waals surface area contributed by atoms with Crippen LogP contribution in [0.2, 0.25) is 0 Å². The van der Waals surface area contributed by atoms with E-state index in [1.165, 1.54) is 0 Å². The quantitative estimate of drug-likeness (QED) is 0.726. The van der Waals surface area contributed by atoms with Crippen LogP contribution in [-0.2, 0) is 4.79 Å². The van der Waals surface area contributed by atoms with Gasteiger partial charge in [0.25, 0.3) is 0 Å². The third-order valence-corrected chi connectivity index (χ3v) is 3.68. The monoisotopic (exact) mass is 240 g/mol. The highest BCUT2D eigenvalue weighted by Crippen LogP contribution is 2.11. The number of hydrogen-bond donors (Lipinski definition) is 1. The zero-order chi connectivity index (χ0) is 11.8. The fourth-order valence-electron chi connectivity index (χ4n) is 1.76. The minimum absolute atomic E-state index is 0.180. The summed E-state index contributed by atoms with van der Waals surface area (Å²) in [6, 6.07) is 0.323. The fraction of sp³-hybridized carbons (Fsp3) is 0.750. The summed E-state index contributed by atoms with van der Waals surface area (Å²) in [5.74, 6) is 4.91. The number of carbonyl (C=O) groups excluding carboxylic acids is 1. The van der Waals surface area contributed by atoms with Crippen LogP contribution in [0.5, 0.6) is 0 Å². The van der Waals surface area contributed by atoms with E-state index in [9.17, 15) is 4.79 Å². The lowest BCUT2D eigenvalue weighted by Crippen LogP contribution is -2.43. The fourth-order valence-corrected chi connectivity index (χ4v) is 2.71. The number of nitrogens with one attached hydrogen (secondary N) is 1. The van der Waals surface area contributed by atoms with Crippen LogP contribution in [0.15, 0.2) is 0 Å². The largest absolute Gasteiger partial charge is 0.332 e. The molecular formula is C12H20N2OS. The van der Waals surface area contributed by atoms with Crippen molar-refractivity contribution in [3.63, 3.8) is 0 Å². The number of hydrogen-bond acceptors (Lipinski definition) is 3. The number of rotatable bonds is 5. The van der Waals surface area contributed by atoms with Crippen LogP contribution < -0.4 is 5.32 Å². The average molecular weight is 240 g/mol. The Morgan fingerprint density at radius 2 is 2.50 bits per heavy atom. The van der Waals surface area contributed by atoms with Crippen molar-refractivity contribution in [3.8, 4) is 12.3 Å². The van der Waals surface area contributed by atoms with Gasteiger partial charge >= 0.3 is 0 Å². The number of thioether (sulfide) groups is 1. The zero-order valence-corrected chi connectivity index (χ0v) is 10.7. The lowest BCUT2D eigenvalue weighted by atomic mass is 10.2. The topological polar surface area (TPSA) is 32.3 Å². The summed E-state index contributed by atoms with van der Waals surface area (Å²) in [5.41, 5.74) is 0. The van der Waals surface area contributed by atoms with Crippen LogP contribution in [-0.4, -0.2) is 48.0 Å². The standard InChI is InChI=1S/C12H20N2OS/c1-3-6-14(7-4-2)12(15)9-11-10-16-8-5-13-11/h1,11,13H,4-10H2,2H3. The van der Waals surface area contributed by atoms with Crippen LogP contribution in [0, 0.1) is 12.3 Å². The molecule has 1 N–H and O–H groups in total. The molecule has 1 unspecified atom stereocenters. The van der Waals surface area contributed by atoms with Crippen molar-refractivity contribution in [3.05, 3.63) is 0 Å². The summed E-state index contributed by atoms with van der Waals surface area (Å²) >= 11 is 1.91. The van der Waals surface area contributed by atoms with E-state index in [4.69, 9.17) is 6.42 Å². The molecule has 0 aromatic rings. The van der Waals surface area contributed by atoms with E-state index in [0.29, 0.717) is 19.0 Å². The minimum atomic E-state index is 0.180. The van der Waals surface area contributed by atoms with Gasteiger partial charge in [0.2, 0.25) is 5.91 Å². The predicted octanol–water partition coefficient (Wildman–Crippen LogP) is 0.953. The number of nitrogens with zero attached hydrogens (tertiary/aromatic N) is 1. The third kappa shape index (κ3) is 4.46. The third-order valence-electron chi connectivity index (χ3n) is 2.55. The van der Waals surface area contributed by atoms with Gasteiger partial charge in [0.1, 0.15) is 0 Å². The number of terminal acetylenes is 1. The number of amides is 1. The molecule has 90 valence electrons. The normalized spacial score (nSPS) is 20.1. The second-order valence-corrected chi connectivity index (χ2v) is 5.10. The van der Waals surface area contributed by atoms with Crippen LogP contribution in [0.4, 0.5) is 0 Å². The molecule has 0 radical (unpaired) electrons. The summed E-state index contributed by atoms with van der Waals surface area (Å²) in [6.45, 7) is 4.27. The van der Waals surface area contributed by atoms with Crippen molar-refractivity contribution in [1.29, 1.82) is 0 Å². The maximum Gasteiger partial charge on any atom is 0.224 e. The Hall–Kier alpha value is -0.660. The molecule has 1 amide bonds. The summed E-state index contributed by atoms with van der Waals surface area (Å²) in [4.78, 5) is 13.8. The average Bonchev–Trinajstić information content (AvgIpc) is 2.30. The van der Waals surface area contributed by atoms with E-state index >= 15 is 0 Å².